The van der Waals surface area contributed by atoms with Gasteiger partial charge in [0.1, 0.15) is 0 Å². The van der Waals surface area contributed by atoms with E-state index in [1.807, 2.05) is 13.8 Å². The lowest BCUT2D eigenvalue weighted by molar-refractivity contribution is -0.149. The quantitative estimate of drug-likeness (QED) is 0.349. The Bertz CT molecular complexity index is 308. The van der Waals surface area contributed by atoms with Crippen molar-refractivity contribution in [3.8, 4) is 0 Å². The van der Waals surface area contributed by atoms with E-state index in [2.05, 4.69) is 4.74 Å². The van der Waals surface area contributed by atoms with Gasteiger partial charge in [0.25, 0.3) is 0 Å². The lowest BCUT2D eigenvalue weighted by Crippen LogP contribution is -1.97. The van der Waals surface area contributed by atoms with Crippen LogP contribution in [0.2, 0.25) is 0 Å². The van der Waals surface area contributed by atoms with E-state index in [4.69, 9.17) is 0 Å². The first-order valence-electron chi connectivity index (χ1n) is 4.21. The molecule has 3 nitrogen and oxygen atoms in total. The standard InChI is InChI=1S/C10H12O3/c1-4-7-8(5-6(2)3)10(12)13-9(7)11/h4-6H,1-3H3/b7-4+,8-5+. The van der Waals surface area contributed by atoms with Crippen molar-refractivity contribution in [2.45, 2.75) is 20.8 Å². The summed E-state index contributed by atoms with van der Waals surface area (Å²) in [5.41, 5.74) is 0.765. The molecule has 0 aromatic rings. The third-order valence-corrected chi connectivity index (χ3v) is 1.70. The molecule has 0 saturated carbocycles. The molecule has 0 bridgehead atoms. The average Bonchev–Trinajstić information content (AvgIpc) is 2.26. The molecule has 0 radical (unpaired) electrons. The fourth-order valence-corrected chi connectivity index (χ4v) is 1.18. The molecule has 3 heteroatoms. The zero-order valence-electron chi connectivity index (χ0n) is 7.96. The normalized spacial score (nSPS) is 23.4. The maximum Gasteiger partial charge on any atom is 0.346 e. The molecular weight excluding hydrogens is 168 g/mol. The molecule has 1 saturated heterocycles. The summed E-state index contributed by atoms with van der Waals surface area (Å²) in [5, 5.41) is 0. The van der Waals surface area contributed by atoms with E-state index in [9.17, 15) is 9.59 Å². The summed E-state index contributed by atoms with van der Waals surface area (Å²) in [4.78, 5) is 22.2. The van der Waals surface area contributed by atoms with Crippen molar-refractivity contribution in [3.63, 3.8) is 0 Å². The predicted molar refractivity (Wildman–Crippen MR) is 47.8 cm³/mol. The lowest BCUT2D eigenvalue weighted by atomic mass is 10.0. The molecule has 1 rings (SSSR count). The Labute approximate surface area is 77.1 Å². The van der Waals surface area contributed by atoms with E-state index >= 15 is 0 Å². The lowest BCUT2D eigenvalue weighted by Gasteiger charge is -1.96. The summed E-state index contributed by atoms with van der Waals surface area (Å²) in [6.07, 6.45) is 3.34. The van der Waals surface area contributed by atoms with E-state index in [1.54, 1.807) is 19.1 Å². The molecule has 0 atom stereocenters. The van der Waals surface area contributed by atoms with Crippen molar-refractivity contribution in [1.29, 1.82) is 0 Å². The van der Waals surface area contributed by atoms with Crippen LogP contribution in [0.4, 0.5) is 0 Å². The molecule has 13 heavy (non-hydrogen) atoms. The Balaban J connectivity index is 3.09. The Morgan fingerprint density at radius 1 is 1.15 bits per heavy atom. The molecule has 0 aliphatic carbocycles. The SMILES string of the molecule is C/C=C1/C(=O)OC(=O)/C1=C/C(C)C. The number of allylic oxidation sites excluding steroid dienone is 2. The van der Waals surface area contributed by atoms with E-state index < -0.39 is 11.9 Å². The van der Waals surface area contributed by atoms with Crippen LogP contribution in [0.5, 0.6) is 0 Å². The Morgan fingerprint density at radius 3 is 2.15 bits per heavy atom. The molecule has 0 spiro atoms. The zero-order valence-corrected chi connectivity index (χ0v) is 7.96. The molecule has 1 fully saturated rings. The van der Waals surface area contributed by atoms with E-state index in [-0.39, 0.29) is 5.92 Å². The molecule has 1 heterocycles. The minimum Gasteiger partial charge on any atom is -0.386 e. The summed E-state index contributed by atoms with van der Waals surface area (Å²) in [6.45, 7) is 5.59. The molecule has 0 amide bonds. The summed E-state index contributed by atoms with van der Waals surface area (Å²) in [5.74, 6) is -0.852. The Hall–Kier alpha value is -1.38. The minimum atomic E-state index is -0.542. The predicted octanol–water partition coefficient (Wildman–Crippen LogP) is 1.60. The van der Waals surface area contributed by atoms with Gasteiger partial charge in [0.05, 0.1) is 11.1 Å². The second kappa shape index (κ2) is 3.56. The second-order valence-electron chi connectivity index (χ2n) is 3.20. The molecule has 0 unspecified atom stereocenters. The van der Waals surface area contributed by atoms with Crippen LogP contribution < -0.4 is 0 Å². The van der Waals surface area contributed by atoms with Gasteiger partial charge >= 0.3 is 11.9 Å². The van der Waals surface area contributed by atoms with Crippen molar-refractivity contribution in [2.75, 3.05) is 0 Å². The summed E-state index contributed by atoms with van der Waals surface area (Å²) in [7, 11) is 0. The van der Waals surface area contributed by atoms with Gasteiger partial charge in [0.2, 0.25) is 0 Å². The number of carbonyl (C=O) groups excluding carboxylic acids is 2. The third-order valence-electron chi connectivity index (χ3n) is 1.70. The van der Waals surface area contributed by atoms with Crippen LogP contribution >= 0.6 is 0 Å². The van der Waals surface area contributed by atoms with Crippen LogP contribution in [0, 0.1) is 5.92 Å². The molecule has 0 aromatic carbocycles. The number of hydrogen-bond acceptors (Lipinski definition) is 3. The summed E-state index contributed by atoms with van der Waals surface area (Å²) in [6, 6.07) is 0. The van der Waals surface area contributed by atoms with Gasteiger partial charge in [-0.3, -0.25) is 0 Å². The van der Waals surface area contributed by atoms with Crippen LogP contribution in [0.3, 0.4) is 0 Å². The van der Waals surface area contributed by atoms with Crippen LogP contribution in [0.1, 0.15) is 20.8 Å². The summed E-state index contributed by atoms with van der Waals surface area (Å²) >= 11 is 0. The van der Waals surface area contributed by atoms with Crippen molar-refractivity contribution >= 4 is 11.9 Å². The van der Waals surface area contributed by atoms with E-state index in [0.29, 0.717) is 11.1 Å². The zero-order chi connectivity index (χ0) is 10.0. The highest BCUT2D eigenvalue weighted by atomic mass is 16.6. The van der Waals surface area contributed by atoms with Gasteiger partial charge in [-0.1, -0.05) is 26.0 Å². The van der Waals surface area contributed by atoms with Gasteiger partial charge in [-0.15, -0.1) is 0 Å². The summed E-state index contributed by atoms with van der Waals surface area (Å²) < 4.78 is 4.46. The van der Waals surface area contributed by atoms with E-state index in [0.717, 1.165) is 0 Å². The van der Waals surface area contributed by atoms with Crippen LogP contribution in [0.25, 0.3) is 0 Å². The third kappa shape index (κ3) is 1.86. The van der Waals surface area contributed by atoms with Crippen molar-refractivity contribution < 1.29 is 14.3 Å². The monoisotopic (exact) mass is 180 g/mol. The van der Waals surface area contributed by atoms with Gasteiger partial charge in [0, 0.05) is 0 Å². The number of cyclic esters (lactones) is 2. The van der Waals surface area contributed by atoms with Gasteiger partial charge in [-0.05, 0) is 12.8 Å². The Morgan fingerprint density at radius 2 is 1.69 bits per heavy atom. The minimum absolute atomic E-state index is 0.225. The second-order valence-corrected chi connectivity index (χ2v) is 3.20. The number of ether oxygens (including phenoxy) is 1. The molecule has 0 aromatic heterocycles. The molecule has 0 N–H and O–H groups in total. The van der Waals surface area contributed by atoms with Gasteiger partial charge in [-0.2, -0.15) is 0 Å². The topological polar surface area (TPSA) is 43.4 Å². The maximum atomic E-state index is 11.1. The highest BCUT2D eigenvalue weighted by Crippen LogP contribution is 2.23. The first-order chi connectivity index (χ1) is 6.06. The van der Waals surface area contributed by atoms with Gasteiger partial charge < -0.3 is 4.74 Å². The number of carbonyl (C=O) groups is 2. The van der Waals surface area contributed by atoms with Crippen LogP contribution in [0.15, 0.2) is 23.3 Å². The first-order valence-corrected chi connectivity index (χ1v) is 4.21. The smallest absolute Gasteiger partial charge is 0.346 e. The van der Waals surface area contributed by atoms with E-state index in [1.165, 1.54) is 0 Å². The molecule has 1 aliphatic rings. The average molecular weight is 180 g/mol. The molecular formula is C10H12O3. The van der Waals surface area contributed by atoms with Crippen molar-refractivity contribution in [3.05, 3.63) is 23.3 Å². The van der Waals surface area contributed by atoms with Crippen LogP contribution in [-0.2, 0) is 14.3 Å². The van der Waals surface area contributed by atoms with Gasteiger partial charge in [-0.25, -0.2) is 9.59 Å². The van der Waals surface area contributed by atoms with Crippen molar-refractivity contribution in [1.82, 2.24) is 0 Å². The highest BCUT2D eigenvalue weighted by Gasteiger charge is 2.32. The molecule has 70 valence electrons. The largest absolute Gasteiger partial charge is 0.386 e. The fraction of sp³-hybridized carbons (Fsp3) is 0.400. The maximum absolute atomic E-state index is 11.1. The highest BCUT2D eigenvalue weighted by molar-refractivity contribution is 6.18. The number of hydrogen-bond donors (Lipinski definition) is 0. The van der Waals surface area contributed by atoms with Crippen molar-refractivity contribution in [2.24, 2.45) is 5.92 Å². The number of esters is 2. The number of rotatable bonds is 1. The van der Waals surface area contributed by atoms with Crippen LogP contribution in [-0.4, -0.2) is 11.9 Å². The van der Waals surface area contributed by atoms with Gasteiger partial charge in [0.15, 0.2) is 0 Å². The first kappa shape index (κ1) is 9.71. The fourth-order valence-electron chi connectivity index (χ4n) is 1.18. The molecule has 1 aliphatic heterocycles. The Kier molecular flexibility index (Phi) is 2.66.